The molecule has 2 rings (SSSR count). The van der Waals surface area contributed by atoms with E-state index in [1.165, 1.54) is 0 Å². The largest absolute Gasteiger partial charge is 0.370 e. The molecule has 1 amide bonds. The Bertz CT molecular complexity index is 824. The average molecular weight is 401 g/mol. The Morgan fingerprint density at radius 3 is 2.64 bits per heavy atom. The van der Waals surface area contributed by atoms with Gasteiger partial charge in [-0.3, -0.25) is 9.59 Å². The van der Waals surface area contributed by atoms with E-state index in [1.54, 1.807) is 6.92 Å². The fourth-order valence-corrected chi connectivity index (χ4v) is 3.52. The molecule has 150 valence electrons. The van der Waals surface area contributed by atoms with Gasteiger partial charge in [-0.1, -0.05) is 31.6 Å². The van der Waals surface area contributed by atoms with Crippen LogP contribution in [-0.4, -0.2) is 17.1 Å². The minimum absolute atomic E-state index is 0.0392. The number of aryl methyl sites for hydroxylation is 1. The lowest BCUT2D eigenvalue weighted by Gasteiger charge is -2.33. The third kappa shape index (κ3) is 5.83. The molecule has 0 saturated carbocycles. The summed E-state index contributed by atoms with van der Waals surface area (Å²) in [5, 5.41) is -0.0807. The number of hydrogen-bond donors (Lipinski definition) is 1. The number of nitrogens with two attached hydrogens (primary N) is 1. The predicted molar refractivity (Wildman–Crippen MR) is 117 cm³/mol. The first-order valence-electron chi connectivity index (χ1n) is 9.74. The highest BCUT2D eigenvalue weighted by Gasteiger charge is 2.22. The van der Waals surface area contributed by atoms with Crippen LogP contribution in [0.15, 0.2) is 53.9 Å². The molecule has 1 aliphatic rings. The quantitative estimate of drug-likeness (QED) is 0.445. The van der Waals surface area contributed by atoms with Crippen molar-refractivity contribution >= 4 is 29.0 Å². The maximum Gasteiger partial charge on any atom is 0.217 e. The first kappa shape index (κ1) is 22.0. The number of benzene rings is 1. The predicted octanol–water partition coefficient (Wildman–Crippen LogP) is 5.40. The number of unbranched alkanes of at least 4 members (excludes halogenated alkanes) is 1. The fraction of sp³-hybridized carbons (Fsp3) is 0.391. The molecule has 0 fully saturated rings. The maximum absolute atomic E-state index is 11.8. The van der Waals surface area contributed by atoms with Crippen molar-refractivity contribution in [3.05, 3.63) is 65.0 Å². The number of primary amides is 1. The molecule has 2 N–H and O–H groups in total. The molecule has 0 saturated heterocycles. The highest BCUT2D eigenvalue weighted by atomic mass is 35.5. The van der Waals surface area contributed by atoms with E-state index in [0.717, 1.165) is 35.5 Å². The van der Waals surface area contributed by atoms with E-state index in [9.17, 15) is 9.59 Å². The summed E-state index contributed by atoms with van der Waals surface area (Å²) >= 11 is 6.39. The monoisotopic (exact) mass is 400 g/mol. The number of anilines is 1. The van der Waals surface area contributed by atoms with E-state index >= 15 is 0 Å². The molecule has 5 heteroatoms. The standard InChI is InChI=1S/C23H29ClN2O2/c1-4-5-8-20(11-13-23(25)28)26(21-9-6-7-19(24)15-21)22-12-10-18(17(3)27)14-16(22)2/h6-10,12,14,19H,4-5,11,13,15H2,1-3H3,(H2,25,28)/b20-8+. The summed E-state index contributed by atoms with van der Waals surface area (Å²) in [6, 6.07) is 5.73. The lowest BCUT2D eigenvalue weighted by molar-refractivity contribution is -0.117. The van der Waals surface area contributed by atoms with Gasteiger partial charge in [0, 0.05) is 35.5 Å². The van der Waals surface area contributed by atoms with Gasteiger partial charge in [0.05, 0.1) is 5.38 Å². The Hall–Kier alpha value is -2.33. The normalized spacial score (nSPS) is 16.6. The summed E-state index contributed by atoms with van der Waals surface area (Å²) in [6.45, 7) is 5.69. The van der Waals surface area contributed by atoms with E-state index in [1.807, 2.05) is 37.3 Å². The van der Waals surface area contributed by atoms with Crippen LogP contribution in [-0.2, 0) is 4.79 Å². The summed E-state index contributed by atoms with van der Waals surface area (Å²) in [7, 11) is 0. The number of halogens is 1. The molecule has 1 atom stereocenters. The van der Waals surface area contributed by atoms with E-state index in [-0.39, 0.29) is 23.5 Å². The minimum atomic E-state index is -0.321. The summed E-state index contributed by atoms with van der Waals surface area (Å²) in [5.74, 6) is -0.281. The number of Topliss-reactive ketones (excluding diaryl/α,β-unsaturated/α-hetero) is 1. The smallest absolute Gasteiger partial charge is 0.217 e. The van der Waals surface area contributed by atoms with Crippen molar-refractivity contribution in [2.45, 2.75) is 58.3 Å². The van der Waals surface area contributed by atoms with Gasteiger partial charge < -0.3 is 10.6 Å². The molecule has 0 radical (unpaired) electrons. The van der Waals surface area contributed by atoms with Crippen LogP contribution in [0, 0.1) is 6.92 Å². The molecule has 0 aliphatic heterocycles. The summed E-state index contributed by atoms with van der Waals surface area (Å²) in [6.07, 6.45) is 11.6. The van der Waals surface area contributed by atoms with Gasteiger partial charge in [-0.15, -0.1) is 11.6 Å². The second-order valence-electron chi connectivity index (χ2n) is 7.11. The number of carbonyl (C=O) groups is 2. The summed E-state index contributed by atoms with van der Waals surface area (Å²) < 4.78 is 0. The van der Waals surface area contributed by atoms with Crippen molar-refractivity contribution < 1.29 is 9.59 Å². The fourth-order valence-electron chi connectivity index (χ4n) is 3.28. The van der Waals surface area contributed by atoms with Gasteiger partial charge >= 0.3 is 0 Å². The zero-order valence-electron chi connectivity index (χ0n) is 16.9. The van der Waals surface area contributed by atoms with Crippen molar-refractivity contribution in [1.29, 1.82) is 0 Å². The van der Waals surface area contributed by atoms with Crippen LogP contribution in [0.2, 0.25) is 0 Å². The molecule has 28 heavy (non-hydrogen) atoms. The Balaban J connectivity index is 2.55. The molecule has 0 spiro atoms. The molecule has 0 bridgehead atoms. The van der Waals surface area contributed by atoms with Crippen molar-refractivity contribution in [2.75, 3.05) is 4.90 Å². The zero-order valence-corrected chi connectivity index (χ0v) is 17.6. The van der Waals surface area contributed by atoms with Gasteiger partial charge in [0.15, 0.2) is 5.78 Å². The number of nitrogens with zero attached hydrogens (tertiary/aromatic N) is 1. The molecule has 0 aromatic heterocycles. The number of hydrogen-bond acceptors (Lipinski definition) is 3. The Morgan fingerprint density at radius 1 is 1.32 bits per heavy atom. The first-order valence-corrected chi connectivity index (χ1v) is 10.2. The SMILES string of the molecule is CCC/C=C(\CCC(N)=O)N(C1=CC=CC(Cl)C1)c1ccc(C(C)=O)cc1C. The van der Waals surface area contributed by atoms with Crippen LogP contribution in [0.5, 0.6) is 0 Å². The Labute approximate surface area is 172 Å². The third-order valence-electron chi connectivity index (χ3n) is 4.73. The van der Waals surface area contributed by atoms with Gasteiger partial charge in [-0.05, 0) is 56.5 Å². The van der Waals surface area contributed by atoms with Gasteiger partial charge in [0.1, 0.15) is 0 Å². The van der Waals surface area contributed by atoms with Crippen molar-refractivity contribution in [3.8, 4) is 0 Å². The molecule has 0 heterocycles. The van der Waals surface area contributed by atoms with Crippen LogP contribution in [0.1, 0.15) is 61.9 Å². The third-order valence-corrected chi connectivity index (χ3v) is 5.03. The molecular formula is C23H29ClN2O2. The van der Waals surface area contributed by atoms with Crippen LogP contribution < -0.4 is 10.6 Å². The molecule has 4 nitrogen and oxygen atoms in total. The Morgan fingerprint density at radius 2 is 2.07 bits per heavy atom. The van der Waals surface area contributed by atoms with Crippen LogP contribution in [0.4, 0.5) is 5.69 Å². The molecule has 1 unspecified atom stereocenters. The van der Waals surface area contributed by atoms with Gasteiger partial charge in [0.25, 0.3) is 0 Å². The van der Waals surface area contributed by atoms with E-state index in [2.05, 4.69) is 24.0 Å². The lowest BCUT2D eigenvalue weighted by Crippen LogP contribution is -2.26. The lowest BCUT2D eigenvalue weighted by atomic mass is 10.0. The zero-order chi connectivity index (χ0) is 20.7. The van der Waals surface area contributed by atoms with Crippen molar-refractivity contribution in [1.82, 2.24) is 0 Å². The molecular weight excluding hydrogens is 372 g/mol. The number of rotatable bonds is 9. The highest BCUT2D eigenvalue weighted by molar-refractivity contribution is 6.22. The number of amides is 1. The molecule has 1 aliphatic carbocycles. The maximum atomic E-state index is 11.8. The molecule has 1 aromatic rings. The summed E-state index contributed by atoms with van der Waals surface area (Å²) in [4.78, 5) is 25.4. The number of alkyl halides is 1. The number of ketones is 1. The van der Waals surface area contributed by atoms with E-state index in [0.29, 0.717) is 18.4 Å². The van der Waals surface area contributed by atoms with E-state index < -0.39 is 0 Å². The molecule has 1 aromatic carbocycles. The van der Waals surface area contributed by atoms with Gasteiger partial charge in [0.2, 0.25) is 5.91 Å². The van der Waals surface area contributed by atoms with Crippen LogP contribution in [0.3, 0.4) is 0 Å². The Kier molecular flexibility index (Phi) is 8.06. The number of carbonyl (C=O) groups excluding carboxylic acids is 2. The van der Waals surface area contributed by atoms with Crippen molar-refractivity contribution in [2.24, 2.45) is 5.73 Å². The summed E-state index contributed by atoms with van der Waals surface area (Å²) in [5.41, 5.74) is 10.2. The van der Waals surface area contributed by atoms with E-state index in [4.69, 9.17) is 17.3 Å². The topological polar surface area (TPSA) is 63.4 Å². The second-order valence-corrected chi connectivity index (χ2v) is 7.67. The van der Waals surface area contributed by atoms with Crippen LogP contribution in [0.25, 0.3) is 0 Å². The van der Waals surface area contributed by atoms with Gasteiger partial charge in [-0.25, -0.2) is 0 Å². The number of allylic oxidation sites excluding steroid dienone is 6. The van der Waals surface area contributed by atoms with Gasteiger partial charge in [-0.2, -0.15) is 0 Å². The second kappa shape index (κ2) is 10.3. The van der Waals surface area contributed by atoms with Crippen LogP contribution >= 0.6 is 11.6 Å². The first-order chi connectivity index (χ1) is 13.3. The van der Waals surface area contributed by atoms with Crippen molar-refractivity contribution in [3.63, 3.8) is 0 Å². The average Bonchev–Trinajstić information content (AvgIpc) is 2.64. The highest BCUT2D eigenvalue weighted by Crippen LogP contribution is 2.34. The minimum Gasteiger partial charge on any atom is -0.370 e.